The Bertz CT molecular complexity index is 379. The van der Waals surface area contributed by atoms with Crippen molar-refractivity contribution in [2.24, 2.45) is 0 Å². The smallest absolute Gasteiger partial charge is 0.108 e. The fraction of sp³-hybridized carbons (Fsp3) is 0.941. The highest BCUT2D eigenvalue weighted by Crippen LogP contribution is 2.33. The van der Waals surface area contributed by atoms with Crippen molar-refractivity contribution in [1.29, 1.82) is 5.26 Å². The van der Waals surface area contributed by atoms with Crippen LogP contribution in [0.1, 0.15) is 51.9 Å². The SMILES string of the molecule is CCCNC1(C#N)CCCC(N2CCN(C3CC3)CC2)C1. The average Bonchev–Trinajstić information content (AvgIpc) is 3.38. The van der Waals surface area contributed by atoms with E-state index in [2.05, 4.69) is 28.1 Å². The fourth-order valence-corrected chi connectivity index (χ4v) is 4.13. The lowest BCUT2D eigenvalue weighted by atomic mass is 9.79. The Hall–Kier alpha value is -0.630. The molecule has 118 valence electrons. The number of hydrogen-bond donors (Lipinski definition) is 1. The van der Waals surface area contributed by atoms with E-state index in [1.165, 1.54) is 51.9 Å². The summed E-state index contributed by atoms with van der Waals surface area (Å²) in [5.41, 5.74) is -0.257. The molecule has 3 fully saturated rings. The maximum Gasteiger partial charge on any atom is 0.108 e. The zero-order valence-electron chi connectivity index (χ0n) is 13.5. The Kier molecular flexibility index (Phi) is 4.83. The Balaban J connectivity index is 1.54. The largest absolute Gasteiger partial charge is 0.299 e. The van der Waals surface area contributed by atoms with Crippen LogP contribution in [0.5, 0.6) is 0 Å². The van der Waals surface area contributed by atoms with Crippen molar-refractivity contribution < 1.29 is 0 Å². The molecule has 21 heavy (non-hydrogen) atoms. The molecule has 0 spiro atoms. The Labute approximate surface area is 129 Å². The maximum atomic E-state index is 9.67. The zero-order valence-corrected chi connectivity index (χ0v) is 13.5. The first-order valence-electron chi connectivity index (χ1n) is 8.91. The molecule has 1 heterocycles. The number of nitrogens with one attached hydrogen (secondary N) is 1. The number of nitrogens with zero attached hydrogens (tertiary/aromatic N) is 3. The van der Waals surface area contributed by atoms with Crippen LogP contribution in [-0.2, 0) is 0 Å². The van der Waals surface area contributed by atoms with Crippen LogP contribution < -0.4 is 5.32 Å². The van der Waals surface area contributed by atoms with Crippen LogP contribution in [0.25, 0.3) is 0 Å². The van der Waals surface area contributed by atoms with E-state index < -0.39 is 0 Å². The second-order valence-electron chi connectivity index (χ2n) is 7.17. The molecule has 1 aliphatic heterocycles. The predicted octanol–water partition coefficient (Wildman–Crippen LogP) is 1.97. The third-order valence-corrected chi connectivity index (χ3v) is 5.58. The lowest BCUT2D eigenvalue weighted by Gasteiger charge is -2.45. The van der Waals surface area contributed by atoms with Gasteiger partial charge in [0.15, 0.2) is 0 Å². The van der Waals surface area contributed by atoms with Gasteiger partial charge in [-0.3, -0.25) is 15.1 Å². The van der Waals surface area contributed by atoms with Crippen LogP contribution in [0.4, 0.5) is 0 Å². The van der Waals surface area contributed by atoms with E-state index in [-0.39, 0.29) is 5.54 Å². The Morgan fingerprint density at radius 3 is 2.33 bits per heavy atom. The minimum atomic E-state index is -0.257. The summed E-state index contributed by atoms with van der Waals surface area (Å²) in [7, 11) is 0. The highest BCUT2D eigenvalue weighted by molar-refractivity contribution is 5.11. The monoisotopic (exact) mass is 290 g/mol. The molecular formula is C17H30N4. The summed E-state index contributed by atoms with van der Waals surface area (Å²) in [5.74, 6) is 0. The van der Waals surface area contributed by atoms with E-state index in [9.17, 15) is 5.26 Å². The molecule has 3 rings (SSSR count). The fourth-order valence-electron chi connectivity index (χ4n) is 4.13. The molecule has 0 aromatic carbocycles. The lowest BCUT2D eigenvalue weighted by Crippen LogP contribution is -2.57. The van der Waals surface area contributed by atoms with Crippen LogP contribution >= 0.6 is 0 Å². The molecule has 0 bridgehead atoms. The van der Waals surface area contributed by atoms with E-state index in [0.29, 0.717) is 6.04 Å². The van der Waals surface area contributed by atoms with Crippen LogP contribution in [0.3, 0.4) is 0 Å². The summed E-state index contributed by atoms with van der Waals surface area (Å²) in [6.07, 6.45) is 8.46. The van der Waals surface area contributed by atoms with Crippen molar-refractivity contribution in [1.82, 2.24) is 15.1 Å². The van der Waals surface area contributed by atoms with Crippen LogP contribution in [0.15, 0.2) is 0 Å². The van der Waals surface area contributed by atoms with Gasteiger partial charge in [0.1, 0.15) is 5.54 Å². The van der Waals surface area contributed by atoms with E-state index in [1.807, 2.05) is 0 Å². The summed E-state index contributed by atoms with van der Waals surface area (Å²) >= 11 is 0. The molecule has 4 nitrogen and oxygen atoms in total. The molecule has 4 heteroatoms. The third-order valence-electron chi connectivity index (χ3n) is 5.58. The minimum absolute atomic E-state index is 0.257. The Morgan fingerprint density at radius 1 is 1.10 bits per heavy atom. The van der Waals surface area contributed by atoms with Gasteiger partial charge >= 0.3 is 0 Å². The van der Waals surface area contributed by atoms with Gasteiger partial charge in [0.25, 0.3) is 0 Å². The average molecular weight is 290 g/mol. The summed E-state index contributed by atoms with van der Waals surface area (Å²) in [5, 5.41) is 13.2. The van der Waals surface area contributed by atoms with Gasteiger partial charge in [0.05, 0.1) is 6.07 Å². The molecule has 1 N–H and O–H groups in total. The number of hydrogen-bond acceptors (Lipinski definition) is 4. The van der Waals surface area contributed by atoms with Crippen LogP contribution in [0.2, 0.25) is 0 Å². The van der Waals surface area contributed by atoms with Gasteiger partial charge in [-0.15, -0.1) is 0 Å². The molecule has 3 aliphatic rings. The summed E-state index contributed by atoms with van der Waals surface area (Å²) in [4.78, 5) is 5.34. The lowest BCUT2D eigenvalue weighted by molar-refractivity contribution is 0.0597. The van der Waals surface area contributed by atoms with E-state index >= 15 is 0 Å². The van der Waals surface area contributed by atoms with Crippen LogP contribution in [0, 0.1) is 11.3 Å². The summed E-state index contributed by atoms with van der Waals surface area (Å²) < 4.78 is 0. The van der Waals surface area contributed by atoms with Gasteiger partial charge in [0.2, 0.25) is 0 Å². The summed E-state index contributed by atoms with van der Waals surface area (Å²) in [6.45, 7) is 8.03. The number of piperazine rings is 1. The number of nitriles is 1. The topological polar surface area (TPSA) is 42.3 Å². The first-order chi connectivity index (χ1) is 10.3. The van der Waals surface area contributed by atoms with E-state index in [0.717, 1.165) is 31.8 Å². The molecule has 0 aromatic rings. The standard InChI is InChI=1S/C17H30N4/c1-2-8-19-17(14-18)7-3-4-16(13-17)21-11-9-20(10-12-21)15-5-6-15/h15-16,19H,2-13H2,1H3. The second kappa shape index (κ2) is 6.64. The van der Waals surface area contributed by atoms with E-state index in [4.69, 9.17) is 0 Å². The molecule has 0 amide bonds. The minimum Gasteiger partial charge on any atom is -0.299 e. The molecule has 2 saturated carbocycles. The van der Waals surface area contributed by atoms with Gasteiger partial charge < -0.3 is 0 Å². The first kappa shape index (κ1) is 15.3. The Morgan fingerprint density at radius 2 is 1.76 bits per heavy atom. The molecule has 2 atom stereocenters. The van der Waals surface area contributed by atoms with E-state index in [1.54, 1.807) is 0 Å². The first-order valence-corrected chi connectivity index (χ1v) is 8.91. The molecule has 1 saturated heterocycles. The van der Waals surface area contributed by atoms with Gasteiger partial charge in [-0.1, -0.05) is 6.92 Å². The second-order valence-corrected chi connectivity index (χ2v) is 7.17. The van der Waals surface area contributed by atoms with Crippen molar-refractivity contribution in [2.45, 2.75) is 69.5 Å². The van der Waals surface area contributed by atoms with Crippen molar-refractivity contribution in [3.8, 4) is 6.07 Å². The quantitative estimate of drug-likeness (QED) is 0.840. The highest BCUT2D eigenvalue weighted by atomic mass is 15.3. The zero-order chi connectivity index (χ0) is 14.7. The summed E-state index contributed by atoms with van der Waals surface area (Å²) in [6, 6.07) is 4.13. The maximum absolute atomic E-state index is 9.67. The molecular weight excluding hydrogens is 260 g/mol. The van der Waals surface area contributed by atoms with Crippen molar-refractivity contribution >= 4 is 0 Å². The molecule has 0 radical (unpaired) electrons. The molecule has 2 aliphatic carbocycles. The molecule has 0 aromatic heterocycles. The van der Waals surface area contributed by atoms with Gasteiger partial charge in [0, 0.05) is 38.3 Å². The highest BCUT2D eigenvalue weighted by Gasteiger charge is 2.39. The van der Waals surface area contributed by atoms with Gasteiger partial charge in [-0.05, 0) is 51.5 Å². The van der Waals surface area contributed by atoms with Gasteiger partial charge in [-0.25, -0.2) is 0 Å². The molecule has 2 unspecified atom stereocenters. The number of rotatable bonds is 5. The van der Waals surface area contributed by atoms with Gasteiger partial charge in [-0.2, -0.15) is 5.26 Å². The van der Waals surface area contributed by atoms with Crippen molar-refractivity contribution in [3.63, 3.8) is 0 Å². The predicted molar refractivity (Wildman–Crippen MR) is 85.1 cm³/mol. The normalized spacial score (nSPS) is 35.5. The third kappa shape index (κ3) is 3.59. The van der Waals surface area contributed by atoms with Crippen LogP contribution in [-0.4, -0.2) is 60.1 Å². The van der Waals surface area contributed by atoms with Crippen molar-refractivity contribution in [3.05, 3.63) is 0 Å². The van der Waals surface area contributed by atoms with Crippen molar-refractivity contribution in [2.75, 3.05) is 32.7 Å².